The zero-order valence-corrected chi connectivity index (χ0v) is 12.7. The van der Waals surface area contributed by atoms with Gasteiger partial charge in [0.2, 0.25) is 0 Å². The summed E-state index contributed by atoms with van der Waals surface area (Å²) in [6.45, 7) is 3.75. The summed E-state index contributed by atoms with van der Waals surface area (Å²) in [6.07, 6.45) is 7.80. The van der Waals surface area contributed by atoms with Crippen molar-refractivity contribution in [2.24, 2.45) is 0 Å². The molecule has 0 saturated heterocycles. The van der Waals surface area contributed by atoms with E-state index in [-0.39, 0.29) is 6.04 Å². The number of hydrogen-bond donors (Lipinski definition) is 1. The molecule has 0 spiro atoms. The van der Waals surface area contributed by atoms with E-state index in [0.29, 0.717) is 0 Å². The standard InChI is InChI=1S/C16H24ClNO/c1-4-5-6-7-8-9-15(18-2)14-12-13(17)10-11-16(14)19-3/h4,10-12,15,18H,1,5-9H2,2-3H3. The monoisotopic (exact) mass is 281 g/mol. The summed E-state index contributed by atoms with van der Waals surface area (Å²) in [5.74, 6) is 0.898. The maximum atomic E-state index is 6.08. The Balaban J connectivity index is 2.63. The van der Waals surface area contributed by atoms with Crippen LogP contribution < -0.4 is 10.1 Å². The maximum Gasteiger partial charge on any atom is 0.123 e. The molecule has 2 nitrogen and oxygen atoms in total. The molecular weight excluding hydrogens is 258 g/mol. The van der Waals surface area contributed by atoms with Crippen molar-refractivity contribution in [1.29, 1.82) is 0 Å². The Hall–Kier alpha value is -0.990. The highest BCUT2D eigenvalue weighted by molar-refractivity contribution is 6.30. The van der Waals surface area contributed by atoms with Crippen LogP contribution in [0.15, 0.2) is 30.9 Å². The summed E-state index contributed by atoms with van der Waals surface area (Å²) in [7, 11) is 3.68. The van der Waals surface area contributed by atoms with Crippen molar-refractivity contribution in [2.45, 2.75) is 38.1 Å². The van der Waals surface area contributed by atoms with E-state index in [9.17, 15) is 0 Å². The molecule has 0 saturated carbocycles. The maximum absolute atomic E-state index is 6.08. The minimum absolute atomic E-state index is 0.289. The molecule has 3 heteroatoms. The SMILES string of the molecule is C=CCCCCCC(NC)c1cc(Cl)ccc1OC. The summed E-state index contributed by atoms with van der Waals surface area (Å²) in [6, 6.07) is 6.07. The Morgan fingerprint density at radius 3 is 2.79 bits per heavy atom. The third-order valence-corrected chi connectivity index (χ3v) is 3.55. The molecule has 0 aliphatic heterocycles. The van der Waals surface area contributed by atoms with Crippen molar-refractivity contribution in [1.82, 2.24) is 5.32 Å². The normalized spacial score (nSPS) is 12.2. The van der Waals surface area contributed by atoms with Gasteiger partial charge in [0.25, 0.3) is 0 Å². The third-order valence-electron chi connectivity index (χ3n) is 3.32. The number of benzene rings is 1. The van der Waals surface area contributed by atoms with Crippen LogP contribution in [0, 0.1) is 0 Å². The van der Waals surface area contributed by atoms with Gasteiger partial charge in [-0.2, -0.15) is 0 Å². The highest BCUT2D eigenvalue weighted by atomic mass is 35.5. The molecule has 0 fully saturated rings. The molecule has 0 aromatic heterocycles. The van der Waals surface area contributed by atoms with Gasteiger partial charge in [-0.15, -0.1) is 6.58 Å². The fourth-order valence-electron chi connectivity index (χ4n) is 2.25. The van der Waals surface area contributed by atoms with Gasteiger partial charge in [0.15, 0.2) is 0 Å². The first-order valence-electron chi connectivity index (χ1n) is 6.84. The lowest BCUT2D eigenvalue weighted by Gasteiger charge is -2.19. The first-order valence-corrected chi connectivity index (χ1v) is 7.22. The molecule has 1 aromatic rings. The Morgan fingerprint density at radius 2 is 2.16 bits per heavy atom. The van der Waals surface area contributed by atoms with Crippen LogP contribution in [0.1, 0.15) is 43.7 Å². The topological polar surface area (TPSA) is 21.3 Å². The van der Waals surface area contributed by atoms with E-state index in [2.05, 4.69) is 11.9 Å². The van der Waals surface area contributed by atoms with Crippen molar-refractivity contribution in [2.75, 3.05) is 14.2 Å². The molecule has 0 radical (unpaired) electrons. The third kappa shape index (κ3) is 5.25. The van der Waals surface area contributed by atoms with Gasteiger partial charge in [0.05, 0.1) is 7.11 Å². The average molecular weight is 282 g/mol. The predicted octanol–water partition coefficient (Wildman–Crippen LogP) is 4.75. The van der Waals surface area contributed by atoms with E-state index in [1.165, 1.54) is 19.3 Å². The molecule has 0 aliphatic carbocycles. The van der Waals surface area contributed by atoms with Gasteiger partial charge in [-0.25, -0.2) is 0 Å². The van der Waals surface area contributed by atoms with Crippen LogP contribution in [0.5, 0.6) is 5.75 Å². The summed E-state index contributed by atoms with van der Waals surface area (Å²) in [5.41, 5.74) is 1.14. The van der Waals surface area contributed by atoms with Gasteiger partial charge < -0.3 is 10.1 Å². The molecule has 1 atom stereocenters. The molecule has 1 rings (SSSR count). The molecule has 106 valence electrons. The van der Waals surface area contributed by atoms with Gasteiger partial charge in [0, 0.05) is 16.6 Å². The second-order valence-electron chi connectivity index (χ2n) is 4.65. The van der Waals surface area contributed by atoms with Crippen LogP contribution in [0.25, 0.3) is 0 Å². The average Bonchev–Trinajstić information content (AvgIpc) is 2.43. The van der Waals surface area contributed by atoms with Crippen LogP contribution in [0.3, 0.4) is 0 Å². The van der Waals surface area contributed by atoms with Gasteiger partial charge in [-0.05, 0) is 44.5 Å². The number of ether oxygens (including phenoxy) is 1. The Morgan fingerprint density at radius 1 is 1.37 bits per heavy atom. The van der Waals surface area contributed by atoms with E-state index < -0.39 is 0 Å². The van der Waals surface area contributed by atoms with Gasteiger partial charge in [-0.1, -0.05) is 30.5 Å². The van der Waals surface area contributed by atoms with E-state index in [1.807, 2.05) is 31.3 Å². The molecule has 1 N–H and O–H groups in total. The Kier molecular flexibility index (Phi) is 7.61. The number of nitrogens with one attached hydrogen (secondary N) is 1. The smallest absolute Gasteiger partial charge is 0.123 e. The van der Waals surface area contributed by atoms with Crippen LogP contribution in [-0.2, 0) is 0 Å². The Bertz CT molecular complexity index is 392. The van der Waals surface area contributed by atoms with Crippen molar-refractivity contribution in [3.63, 3.8) is 0 Å². The highest BCUT2D eigenvalue weighted by Gasteiger charge is 2.14. The van der Waals surface area contributed by atoms with Crippen molar-refractivity contribution in [3.05, 3.63) is 41.4 Å². The van der Waals surface area contributed by atoms with Crippen molar-refractivity contribution in [3.8, 4) is 5.75 Å². The molecule has 1 unspecified atom stereocenters. The fraction of sp³-hybridized carbons (Fsp3) is 0.500. The number of hydrogen-bond acceptors (Lipinski definition) is 2. The molecule has 0 bridgehead atoms. The van der Waals surface area contributed by atoms with Crippen LogP contribution in [0.4, 0.5) is 0 Å². The quantitative estimate of drug-likeness (QED) is 0.521. The van der Waals surface area contributed by atoms with E-state index in [0.717, 1.165) is 29.2 Å². The summed E-state index contributed by atoms with van der Waals surface area (Å²) in [5, 5.41) is 4.10. The lowest BCUT2D eigenvalue weighted by atomic mass is 9.99. The minimum atomic E-state index is 0.289. The fourth-order valence-corrected chi connectivity index (χ4v) is 2.43. The zero-order chi connectivity index (χ0) is 14.1. The number of rotatable bonds is 9. The second kappa shape index (κ2) is 9.00. The number of unbranched alkanes of at least 4 members (excludes halogenated alkanes) is 3. The van der Waals surface area contributed by atoms with Crippen LogP contribution in [0.2, 0.25) is 5.02 Å². The highest BCUT2D eigenvalue weighted by Crippen LogP contribution is 2.31. The second-order valence-corrected chi connectivity index (χ2v) is 5.09. The van der Waals surface area contributed by atoms with E-state index in [4.69, 9.17) is 16.3 Å². The molecule has 19 heavy (non-hydrogen) atoms. The van der Waals surface area contributed by atoms with E-state index in [1.54, 1.807) is 7.11 Å². The van der Waals surface area contributed by atoms with Crippen molar-refractivity contribution >= 4 is 11.6 Å². The number of methoxy groups -OCH3 is 1. The van der Waals surface area contributed by atoms with Gasteiger partial charge in [-0.3, -0.25) is 0 Å². The van der Waals surface area contributed by atoms with Crippen LogP contribution in [-0.4, -0.2) is 14.2 Å². The minimum Gasteiger partial charge on any atom is -0.496 e. The van der Waals surface area contributed by atoms with Crippen molar-refractivity contribution < 1.29 is 4.74 Å². The lowest BCUT2D eigenvalue weighted by Crippen LogP contribution is -2.17. The summed E-state index contributed by atoms with van der Waals surface area (Å²) in [4.78, 5) is 0. The molecule has 0 heterocycles. The largest absolute Gasteiger partial charge is 0.496 e. The molecule has 0 aliphatic rings. The Labute approximate surface area is 121 Å². The van der Waals surface area contributed by atoms with Crippen LogP contribution >= 0.6 is 11.6 Å². The molecule has 1 aromatic carbocycles. The zero-order valence-electron chi connectivity index (χ0n) is 11.9. The lowest BCUT2D eigenvalue weighted by molar-refractivity contribution is 0.396. The number of halogens is 1. The summed E-state index contributed by atoms with van der Waals surface area (Å²) < 4.78 is 5.42. The predicted molar refractivity (Wildman–Crippen MR) is 83.1 cm³/mol. The molecular formula is C16H24ClNO. The van der Waals surface area contributed by atoms with E-state index >= 15 is 0 Å². The molecule has 0 amide bonds. The number of allylic oxidation sites excluding steroid dienone is 1. The van der Waals surface area contributed by atoms with Gasteiger partial charge in [0.1, 0.15) is 5.75 Å². The first-order chi connectivity index (χ1) is 9.22. The summed E-state index contributed by atoms with van der Waals surface area (Å²) >= 11 is 6.08. The first kappa shape index (κ1) is 16.1. The van der Waals surface area contributed by atoms with Gasteiger partial charge >= 0.3 is 0 Å².